The van der Waals surface area contributed by atoms with Crippen LogP contribution >= 0.6 is 0 Å². The molecule has 0 saturated heterocycles. The number of benzene rings is 9. The maximum Gasteiger partial charge on any atom is 0.0998 e. The molecule has 0 aliphatic carbocycles. The van der Waals surface area contributed by atoms with Crippen molar-refractivity contribution < 1.29 is 0 Å². The second-order valence-corrected chi connectivity index (χ2v) is 13.3. The predicted octanol–water partition coefficient (Wildman–Crippen LogP) is 12.5. The Balaban J connectivity index is 1.14. The van der Waals surface area contributed by atoms with Crippen LogP contribution < -0.4 is 0 Å². The molecule has 0 N–H and O–H groups in total. The second-order valence-electron chi connectivity index (χ2n) is 13.3. The van der Waals surface area contributed by atoms with E-state index in [4.69, 9.17) is 0 Å². The van der Waals surface area contributed by atoms with Crippen molar-refractivity contribution in [2.45, 2.75) is 0 Å². The largest absolute Gasteiger partial charge is 0.192 e. The van der Waals surface area contributed by atoms with Gasteiger partial charge in [0.25, 0.3) is 0 Å². The van der Waals surface area contributed by atoms with Crippen molar-refractivity contribution in [2.75, 3.05) is 0 Å². The van der Waals surface area contributed by atoms with Crippen LogP contribution in [0.5, 0.6) is 0 Å². The lowest BCUT2D eigenvalue weighted by Crippen LogP contribution is -1.94. The fraction of sp³-hybridized carbons (Fsp3) is 0. The van der Waals surface area contributed by atoms with E-state index in [1.165, 1.54) is 0 Å². The van der Waals surface area contributed by atoms with Crippen molar-refractivity contribution in [2.24, 2.45) is 0 Å². The molecular weight excluding hydrogens is 657 g/mol. The van der Waals surface area contributed by atoms with Gasteiger partial charge in [0.2, 0.25) is 0 Å². The van der Waals surface area contributed by atoms with Gasteiger partial charge < -0.3 is 0 Å². The Hall–Kier alpha value is -8.02. The summed E-state index contributed by atoms with van der Waals surface area (Å²) >= 11 is 0. The van der Waals surface area contributed by atoms with Gasteiger partial charge >= 0.3 is 0 Å². The maximum atomic E-state index is 10.4. The fourth-order valence-electron chi connectivity index (χ4n) is 7.88. The first-order valence-corrected chi connectivity index (χ1v) is 17.5. The van der Waals surface area contributed by atoms with Crippen LogP contribution in [0.25, 0.3) is 87.6 Å². The molecule has 4 nitrogen and oxygen atoms in total. The average molecular weight is 683 g/mol. The molecule has 0 saturated carbocycles. The van der Waals surface area contributed by atoms with Crippen LogP contribution in [0.1, 0.15) is 22.3 Å². The fourth-order valence-corrected chi connectivity index (χ4v) is 7.88. The quantitative estimate of drug-likeness (QED) is 0.173. The highest BCUT2D eigenvalue weighted by Gasteiger charge is 2.19. The number of rotatable bonds is 4. The third-order valence-electron chi connectivity index (χ3n) is 10.4. The van der Waals surface area contributed by atoms with Crippen molar-refractivity contribution in [3.05, 3.63) is 180 Å². The monoisotopic (exact) mass is 682 g/mol. The summed E-state index contributed by atoms with van der Waals surface area (Å²) in [5, 5.41) is 50.2. The molecule has 0 aliphatic rings. The zero-order chi connectivity index (χ0) is 36.8. The normalized spacial score (nSPS) is 10.9. The van der Waals surface area contributed by atoms with Crippen LogP contribution in [0.4, 0.5) is 0 Å². The van der Waals surface area contributed by atoms with E-state index in [0.29, 0.717) is 44.5 Å². The van der Waals surface area contributed by atoms with Gasteiger partial charge in [-0.15, -0.1) is 0 Å². The van der Waals surface area contributed by atoms with Crippen LogP contribution in [0, 0.1) is 45.3 Å². The zero-order valence-electron chi connectivity index (χ0n) is 28.8. The molecule has 246 valence electrons. The smallest absolute Gasteiger partial charge is 0.0998 e. The average Bonchev–Trinajstić information content (AvgIpc) is 3.25. The van der Waals surface area contributed by atoms with Crippen LogP contribution in [-0.2, 0) is 0 Å². The van der Waals surface area contributed by atoms with Crippen LogP contribution in [0.15, 0.2) is 158 Å². The van der Waals surface area contributed by atoms with Gasteiger partial charge in [0.15, 0.2) is 0 Å². The first-order chi connectivity index (χ1) is 26.6. The summed E-state index contributed by atoms with van der Waals surface area (Å²) in [6.45, 7) is 0. The Morgan fingerprint density at radius 3 is 0.926 bits per heavy atom. The van der Waals surface area contributed by atoms with Crippen molar-refractivity contribution in [1.82, 2.24) is 0 Å². The summed E-state index contributed by atoms with van der Waals surface area (Å²) in [5.41, 5.74) is 7.87. The maximum absolute atomic E-state index is 10.4. The number of hydrogen-bond donors (Lipinski definition) is 0. The van der Waals surface area contributed by atoms with E-state index < -0.39 is 0 Å². The third-order valence-corrected chi connectivity index (χ3v) is 10.4. The van der Waals surface area contributed by atoms with Gasteiger partial charge in [-0.1, -0.05) is 121 Å². The minimum absolute atomic E-state index is 0.449. The molecular formula is C50H26N4. The van der Waals surface area contributed by atoms with E-state index in [-0.39, 0.29) is 0 Å². The topological polar surface area (TPSA) is 95.2 Å². The molecule has 0 fully saturated rings. The van der Waals surface area contributed by atoms with Crippen molar-refractivity contribution in [3.63, 3.8) is 0 Å². The standard InChI is InChI=1S/C50H26N4/c51-27-35-25-47(49-21-33-9-1-3-11-39(33)41-13-5-7-15-43(41)49)37(29-53)23-45(35)31-17-19-32(20-18-31)46-24-38(30-54)48(26-36(46)28-52)50-22-34-10-2-4-12-40(34)42-14-6-8-16-44(42)50/h1-26H. The number of fused-ring (bicyclic) bond motifs is 6. The zero-order valence-corrected chi connectivity index (χ0v) is 28.8. The Bertz CT molecular complexity index is 2980. The number of hydrogen-bond acceptors (Lipinski definition) is 4. The molecule has 0 aromatic heterocycles. The first kappa shape index (κ1) is 31.9. The van der Waals surface area contributed by atoms with Gasteiger partial charge in [0.05, 0.1) is 46.5 Å². The van der Waals surface area contributed by atoms with Gasteiger partial charge in [-0.3, -0.25) is 0 Å². The molecule has 0 amide bonds. The lowest BCUT2D eigenvalue weighted by Gasteiger charge is -2.15. The van der Waals surface area contributed by atoms with Crippen molar-refractivity contribution in [3.8, 4) is 68.8 Å². The summed E-state index contributed by atoms with van der Waals surface area (Å²) in [7, 11) is 0. The molecule has 54 heavy (non-hydrogen) atoms. The van der Waals surface area contributed by atoms with Crippen molar-refractivity contribution in [1.29, 1.82) is 21.0 Å². The van der Waals surface area contributed by atoms with E-state index in [1.807, 2.05) is 84.9 Å². The Kier molecular flexibility index (Phi) is 7.65. The highest BCUT2D eigenvalue weighted by molar-refractivity contribution is 6.15. The van der Waals surface area contributed by atoms with Gasteiger partial charge in [0, 0.05) is 22.3 Å². The van der Waals surface area contributed by atoms with E-state index in [0.717, 1.165) is 65.3 Å². The number of nitriles is 4. The first-order valence-electron chi connectivity index (χ1n) is 17.5. The number of nitrogens with zero attached hydrogens (tertiary/aromatic N) is 4. The summed E-state index contributed by atoms with van der Waals surface area (Å²) in [5.74, 6) is 0. The molecule has 0 aliphatic heterocycles. The van der Waals surface area contributed by atoms with Crippen LogP contribution in [-0.4, -0.2) is 0 Å². The van der Waals surface area contributed by atoms with Gasteiger partial charge in [-0.25, -0.2) is 0 Å². The van der Waals surface area contributed by atoms with E-state index in [2.05, 4.69) is 84.9 Å². The van der Waals surface area contributed by atoms with E-state index in [9.17, 15) is 21.0 Å². The molecule has 9 rings (SSSR count). The van der Waals surface area contributed by atoms with Gasteiger partial charge in [-0.2, -0.15) is 21.0 Å². The summed E-state index contributed by atoms with van der Waals surface area (Å²) in [6, 6.07) is 61.2. The molecule has 0 unspecified atom stereocenters. The molecule has 0 spiro atoms. The highest BCUT2D eigenvalue weighted by Crippen LogP contribution is 2.41. The molecule has 4 heteroatoms. The Morgan fingerprint density at radius 1 is 0.259 bits per heavy atom. The Morgan fingerprint density at radius 2 is 0.556 bits per heavy atom. The van der Waals surface area contributed by atoms with E-state index >= 15 is 0 Å². The third kappa shape index (κ3) is 5.12. The highest BCUT2D eigenvalue weighted by atomic mass is 14.3. The minimum Gasteiger partial charge on any atom is -0.192 e. The molecule has 0 bridgehead atoms. The van der Waals surface area contributed by atoms with Gasteiger partial charge in [-0.05, 0) is 102 Å². The molecule has 0 atom stereocenters. The second kappa shape index (κ2) is 12.9. The predicted molar refractivity (Wildman–Crippen MR) is 217 cm³/mol. The summed E-state index contributed by atoms with van der Waals surface area (Å²) in [6.07, 6.45) is 0. The molecule has 9 aromatic carbocycles. The molecule has 0 radical (unpaired) electrons. The summed E-state index contributed by atoms with van der Waals surface area (Å²) < 4.78 is 0. The Labute approximate surface area is 311 Å². The van der Waals surface area contributed by atoms with Crippen LogP contribution in [0.3, 0.4) is 0 Å². The lowest BCUT2D eigenvalue weighted by molar-refractivity contribution is 1.44. The molecule has 9 aromatic rings. The van der Waals surface area contributed by atoms with Crippen molar-refractivity contribution >= 4 is 43.1 Å². The molecule has 0 heterocycles. The lowest BCUT2D eigenvalue weighted by atomic mass is 9.86. The summed E-state index contributed by atoms with van der Waals surface area (Å²) in [4.78, 5) is 0. The SMILES string of the molecule is N#Cc1cc(-c2cc3ccccc3c3ccccc23)c(C#N)cc1-c1ccc(-c2cc(C#N)c(-c3cc4ccccc4c4ccccc34)cc2C#N)cc1. The van der Waals surface area contributed by atoms with E-state index in [1.54, 1.807) is 12.1 Å². The van der Waals surface area contributed by atoms with Crippen LogP contribution in [0.2, 0.25) is 0 Å². The minimum atomic E-state index is 0.449. The van der Waals surface area contributed by atoms with Gasteiger partial charge in [0.1, 0.15) is 0 Å².